The number of halogens is 6. The lowest BCUT2D eigenvalue weighted by Gasteiger charge is -2.17. The van der Waals surface area contributed by atoms with Crippen LogP contribution in [0.2, 0.25) is 0 Å². The predicted octanol–water partition coefficient (Wildman–Crippen LogP) is 4.59. The van der Waals surface area contributed by atoms with Crippen LogP contribution in [0.4, 0.5) is 26.3 Å². The lowest BCUT2D eigenvalue weighted by atomic mass is 10.1. The summed E-state index contributed by atoms with van der Waals surface area (Å²) in [6.07, 6.45) is -10.1. The molecule has 0 amide bonds. The summed E-state index contributed by atoms with van der Waals surface area (Å²) in [6, 6.07) is 2.34. The average Bonchev–Trinajstić information content (AvgIpc) is 2.13. The van der Waals surface area contributed by atoms with Crippen LogP contribution in [-0.4, -0.2) is 6.36 Å². The number of rotatable bonds is 2. The standard InChI is InChI=1S/C10H8F6OS/c1-5(18)6-2-3-8(17-10(14,15)16)7(4-6)9(11,12)13/h2-5,18H,1H3. The summed E-state index contributed by atoms with van der Waals surface area (Å²) in [5, 5.41) is -0.536. The molecule has 0 fully saturated rings. The molecule has 1 unspecified atom stereocenters. The van der Waals surface area contributed by atoms with Crippen molar-refractivity contribution >= 4 is 12.6 Å². The van der Waals surface area contributed by atoms with Crippen LogP contribution in [0.25, 0.3) is 0 Å². The van der Waals surface area contributed by atoms with E-state index in [1.54, 1.807) is 0 Å². The minimum absolute atomic E-state index is 0.153. The number of ether oxygens (including phenoxy) is 1. The van der Waals surface area contributed by atoms with Crippen LogP contribution < -0.4 is 4.74 Å². The second-order valence-corrected chi connectivity index (χ2v) is 4.25. The first-order chi connectivity index (χ1) is 8.00. The molecule has 0 saturated carbocycles. The summed E-state index contributed by atoms with van der Waals surface area (Å²) in [7, 11) is 0. The Balaban J connectivity index is 3.26. The number of hydrogen-bond acceptors (Lipinski definition) is 2. The van der Waals surface area contributed by atoms with Crippen molar-refractivity contribution in [2.45, 2.75) is 24.7 Å². The van der Waals surface area contributed by atoms with Crippen molar-refractivity contribution in [2.75, 3.05) is 0 Å². The van der Waals surface area contributed by atoms with E-state index in [2.05, 4.69) is 17.4 Å². The molecule has 0 aliphatic carbocycles. The molecule has 0 spiro atoms. The highest BCUT2D eigenvalue weighted by Crippen LogP contribution is 2.40. The second-order valence-electron chi connectivity index (χ2n) is 3.48. The molecule has 0 N–H and O–H groups in total. The van der Waals surface area contributed by atoms with Crippen molar-refractivity contribution in [3.63, 3.8) is 0 Å². The summed E-state index contributed by atoms with van der Waals surface area (Å²) < 4.78 is 77.0. The van der Waals surface area contributed by atoms with Gasteiger partial charge in [-0.25, -0.2) is 0 Å². The van der Waals surface area contributed by atoms with E-state index in [0.29, 0.717) is 12.1 Å². The molecule has 1 atom stereocenters. The number of alkyl halides is 6. The molecule has 0 aliphatic heterocycles. The normalized spacial score (nSPS) is 14.4. The van der Waals surface area contributed by atoms with Gasteiger partial charge in [0.2, 0.25) is 0 Å². The van der Waals surface area contributed by atoms with E-state index in [9.17, 15) is 26.3 Å². The van der Waals surface area contributed by atoms with Crippen LogP contribution in [0.5, 0.6) is 5.75 Å². The highest BCUT2D eigenvalue weighted by molar-refractivity contribution is 7.80. The van der Waals surface area contributed by atoms with Gasteiger partial charge in [-0.15, -0.1) is 13.2 Å². The third-order valence-corrected chi connectivity index (χ3v) is 2.32. The Morgan fingerprint density at radius 3 is 2.06 bits per heavy atom. The summed E-state index contributed by atoms with van der Waals surface area (Å²) in [6.45, 7) is 1.50. The van der Waals surface area contributed by atoms with Crippen molar-refractivity contribution in [3.05, 3.63) is 29.3 Å². The number of hydrogen-bond donors (Lipinski definition) is 1. The first-order valence-corrected chi connectivity index (χ1v) is 5.17. The Labute approximate surface area is 104 Å². The van der Waals surface area contributed by atoms with Gasteiger partial charge in [-0.1, -0.05) is 6.07 Å². The van der Waals surface area contributed by atoms with E-state index in [4.69, 9.17) is 0 Å². The summed E-state index contributed by atoms with van der Waals surface area (Å²) in [5.74, 6) is -1.27. The first kappa shape index (κ1) is 15.0. The molecule has 0 radical (unpaired) electrons. The Bertz CT molecular complexity index is 423. The van der Waals surface area contributed by atoms with Gasteiger partial charge < -0.3 is 4.74 Å². The minimum Gasteiger partial charge on any atom is -0.405 e. The zero-order valence-corrected chi connectivity index (χ0v) is 9.83. The smallest absolute Gasteiger partial charge is 0.405 e. The largest absolute Gasteiger partial charge is 0.573 e. The van der Waals surface area contributed by atoms with Gasteiger partial charge in [-0.3, -0.25) is 0 Å². The van der Waals surface area contributed by atoms with Crippen LogP contribution in [0.15, 0.2) is 18.2 Å². The van der Waals surface area contributed by atoms with Crippen molar-refractivity contribution in [2.24, 2.45) is 0 Å². The first-order valence-electron chi connectivity index (χ1n) is 4.65. The van der Waals surface area contributed by atoms with Gasteiger partial charge in [-0.05, 0) is 24.6 Å². The Hall–Kier alpha value is -1.05. The molecular formula is C10H8F6OS. The molecule has 102 valence electrons. The van der Waals surface area contributed by atoms with E-state index in [0.717, 1.165) is 6.07 Å². The predicted molar refractivity (Wildman–Crippen MR) is 55.5 cm³/mol. The number of benzene rings is 1. The fraction of sp³-hybridized carbons (Fsp3) is 0.400. The van der Waals surface area contributed by atoms with Gasteiger partial charge >= 0.3 is 12.5 Å². The van der Waals surface area contributed by atoms with E-state index in [1.807, 2.05) is 0 Å². The molecule has 0 aromatic heterocycles. The van der Waals surface area contributed by atoms with Crippen LogP contribution in [-0.2, 0) is 6.18 Å². The zero-order chi connectivity index (χ0) is 14.1. The van der Waals surface area contributed by atoms with Crippen molar-refractivity contribution in [3.8, 4) is 5.75 Å². The minimum atomic E-state index is -5.17. The van der Waals surface area contributed by atoms with Gasteiger partial charge in [0.25, 0.3) is 0 Å². The number of thiol groups is 1. The maximum absolute atomic E-state index is 12.6. The van der Waals surface area contributed by atoms with Gasteiger partial charge in [0, 0.05) is 5.25 Å². The molecule has 1 rings (SSSR count). The molecule has 1 nitrogen and oxygen atoms in total. The summed E-state index contributed by atoms with van der Waals surface area (Å²) >= 11 is 3.92. The zero-order valence-electron chi connectivity index (χ0n) is 8.93. The molecule has 0 bridgehead atoms. The van der Waals surface area contributed by atoms with Crippen LogP contribution in [0, 0.1) is 0 Å². The summed E-state index contributed by atoms with van der Waals surface area (Å²) in [4.78, 5) is 0. The monoisotopic (exact) mass is 290 g/mol. The lowest BCUT2D eigenvalue weighted by molar-refractivity contribution is -0.276. The van der Waals surface area contributed by atoms with Gasteiger partial charge in [0.05, 0.1) is 5.56 Å². The highest BCUT2D eigenvalue weighted by Gasteiger charge is 2.39. The molecule has 8 heteroatoms. The Kier molecular flexibility index (Phi) is 4.09. The summed E-state index contributed by atoms with van der Waals surface area (Å²) in [5.41, 5.74) is -1.32. The fourth-order valence-electron chi connectivity index (χ4n) is 1.24. The SMILES string of the molecule is CC(S)c1ccc(OC(F)(F)F)c(C(F)(F)F)c1. The maximum atomic E-state index is 12.6. The van der Waals surface area contributed by atoms with E-state index in [1.165, 1.54) is 6.92 Å². The van der Waals surface area contributed by atoms with E-state index in [-0.39, 0.29) is 5.56 Å². The van der Waals surface area contributed by atoms with Crippen molar-refractivity contribution in [1.29, 1.82) is 0 Å². The lowest BCUT2D eigenvalue weighted by Crippen LogP contribution is -2.20. The van der Waals surface area contributed by atoms with Gasteiger partial charge in [0.15, 0.2) is 0 Å². The van der Waals surface area contributed by atoms with Crippen LogP contribution >= 0.6 is 12.6 Å². The van der Waals surface area contributed by atoms with Crippen LogP contribution in [0.1, 0.15) is 23.3 Å². The average molecular weight is 290 g/mol. The molecule has 18 heavy (non-hydrogen) atoms. The highest BCUT2D eigenvalue weighted by atomic mass is 32.1. The van der Waals surface area contributed by atoms with E-state index >= 15 is 0 Å². The third-order valence-electron chi connectivity index (χ3n) is 2.02. The molecule has 0 aliphatic rings. The molecule has 1 aromatic carbocycles. The van der Waals surface area contributed by atoms with Crippen molar-refractivity contribution in [1.82, 2.24) is 0 Å². The molecular weight excluding hydrogens is 282 g/mol. The Morgan fingerprint density at radius 1 is 1.11 bits per heavy atom. The van der Waals surface area contributed by atoms with Crippen LogP contribution in [0.3, 0.4) is 0 Å². The molecule has 0 heterocycles. The van der Waals surface area contributed by atoms with Gasteiger partial charge in [0.1, 0.15) is 5.75 Å². The second kappa shape index (κ2) is 4.91. The molecule has 0 saturated heterocycles. The Morgan fingerprint density at radius 2 is 1.67 bits per heavy atom. The maximum Gasteiger partial charge on any atom is 0.573 e. The topological polar surface area (TPSA) is 9.23 Å². The van der Waals surface area contributed by atoms with Crippen molar-refractivity contribution < 1.29 is 31.1 Å². The fourth-order valence-corrected chi connectivity index (χ4v) is 1.40. The van der Waals surface area contributed by atoms with E-state index < -0.39 is 29.1 Å². The quantitative estimate of drug-likeness (QED) is 0.619. The molecule has 1 aromatic rings. The van der Waals surface area contributed by atoms with Gasteiger partial charge in [-0.2, -0.15) is 25.8 Å². The third kappa shape index (κ3) is 4.01.